The molecule has 1 aliphatic rings. The standard InChI is InChI=1S/C26H26N2O2/c29-25(22-11-5-2-6-12-22)27-24-14-8-7-13-23(24)26(30)28-17-15-21(16-18-28)19-20-9-3-1-4-10-20/h1-14,21H,15-19H2,(H,27,29). The normalized spacial score (nSPS) is 14.3. The maximum atomic E-state index is 13.2. The van der Waals surface area contributed by atoms with E-state index in [-0.39, 0.29) is 11.8 Å². The van der Waals surface area contributed by atoms with E-state index in [1.807, 2.05) is 41.3 Å². The van der Waals surface area contributed by atoms with Gasteiger partial charge in [-0.3, -0.25) is 9.59 Å². The number of anilines is 1. The lowest BCUT2D eigenvalue weighted by molar-refractivity contribution is 0.0691. The first-order chi connectivity index (χ1) is 14.7. The van der Waals surface area contributed by atoms with Crippen LogP contribution in [0.25, 0.3) is 0 Å². The third-order valence-corrected chi connectivity index (χ3v) is 5.71. The maximum Gasteiger partial charge on any atom is 0.255 e. The number of carbonyl (C=O) groups is 2. The molecule has 1 N–H and O–H groups in total. The number of amides is 2. The van der Waals surface area contributed by atoms with Gasteiger partial charge in [-0.05, 0) is 55.0 Å². The highest BCUT2D eigenvalue weighted by molar-refractivity contribution is 6.09. The average Bonchev–Trinajstić information content (AvgIpc) is 2.81. The fourth-order valence-electron chi connectivity index (χ4n) is 4.02. The van der Waals surface area contributed by atoms with Crippen LogP contribution in [0.3, 0.4) is 0 Å². The van der Waals surface area contributed by atoms with Gasteiger partial charge >= 0.3 is 0 Å². The summed E-state index contributed by atoms with van der Waals surface area (Å²) in [5, 5.41) is 2.90. The van der Waals surface area contributed by atoms with Gasteiger partial charge < -0.3 is 10.2 Å². The SMILES string of the molecule is O=C(Nc1ccccc1C(=O)N1CCC(Cc2ccccc2)CC1)c1ccccc1. The molecule has 3 aromatic rings. The third kappa shape index (κ3) is 4.77. The summed E-state index contributed by atoms with van der Waals surface area (Å²) < 4.78 is 0. The van der Waals surface area contributed by atoms with Crippen LogP contribution in [0.2, 0.25) is 0 Å². The molecule has 0 unspecified atom stereocenters. The zero-order valence-electron chi connectivity index (χ0n) is 17.0. The van der Waals surface area contributed by atoms with E-state index in [0.717, 1.165) is 32.4 Å². The van der Waals surface area contributed by atoms with E-state index in [1.54, 1.807) is 24.3 Å². The highest BCUT2D eigenvalue weighted by Crippen LogP contribution is 2.25. The molecule has 0 saturated carbocycles. The average molecular weight is 399 g/mol. The summed E-state index contributed by atoms with van der Waals surface area (Å²) >= 11 is 0. The molecule has 0 radical (unpaired) electrons. The largest absolute Gasteiger partial charge is 0.339 e. The summed E-state index contributed by atoms with van der Waals surface area (Å²) in [6.45, 7) is 1.49. The monoisotopic (exact) mass is 398 g/mol. The van der Waals surface area contributed by atoms with Crippen molar-refractivity contribution in [3.05, 3.63) is 102 Å². The molecule has 4 rings (SSSR count). The van der Waals surface area contributed by atoms with Gasteiger partial charge in [0, 0.05) is 18.7 Å². The Morgan fingerprint density at radius 2 is 1.40 bits per heavy atom. The second kappa shape index (κ2) is 9.40. The number of nitrogens with one attached hydrogen (secondary N) is 1. The Labute approximate surface area is 177 Å². The summed E-state index contributed by atoms with van der Waals surface area (Å²) in [4.78, 5) is 27.6. The van der Waals surface area contributed by atoms with Crippen molar-refractivity contribution in [2.24, 2.45) is 5.92 Å². The molecule has 1 aliphatic heterocycles. The molecule has 152 valence electrons. The summed E-state index contributed by atoms with van der Waals surface area (Å²) in [6, 6.07) is 26.8. The van der Waals surface area contributed by atoms with E-state index in [4.69, 9.17) is 0 Å². The number of nitrogens with zero attached hydrogens (tertiary/aromatic N) is 1. The van der Waals surface area contributed by atoms with Crippen molar-refractivity contribution >= 4 is 17.5 Å². The molecule has 0 bridgehead atoms. The fraction of sp³-hybridized carbons (Fsp3) is 0.231. The van der Waals surface area contributed by atoms with Gasteiger partial charge in [-0.1, -0.05) is 60.7 Å². The minimum Gasteiger partial charge on any atom is -0.339 e. The zero-order chi connectivity index (χ0) is 20.8. The van der Waals surface area contributed by atoms with Crippen molar-refractivity contribution in [1.82, 2.24) is 4.90 Å². The fourth-order valence-corrected chi connectivity index (χ4v) is 4.02. The highest BCUT2D eigenvalue weighted by Gasteiger charge is 2.25. The minimum absolute atomic E-state index is 0.0166. The van der Waals surface area contributed by atoms with Crippen LogP contribution in [0.1, 0.15) is 39.1 Å². The smallest absolute Gasteiger partial charge is 0.255 e. The van der Waals surface area contributed by atoms with Crippen molar-refractivity contribution in [2.45, 2.75) is 19.3 Å². The first kappa shape index (κ1) is 19.9. The van der Waals surface area contributed by atoms with Crippen molar-refractivity contribution in [1.29, 1.82) is 0 Å². The Morgan fingerprint density at radius 3 is 2.10 bits per heavy atom. The zero-order valence-corrected chi connectivity index (χ0v) is 17.0. The van der Waals surface area contributed by atoms with Crippen LogP contribution >= 0.6 is 0 Å². The molecule has 0 aromatic heterocycles. The molecular formula is C26H26N2O2. The molecule has 1 fully saturated rings. The summed E-state index contributed by atoms with van der Waals surface area (Å²) in [6.07, 6.45) is 3.06. The van der Waals surface area contributed by atoms with Crippen LogP contribution in [-0.4, -0.2) is 29.8 Å². The number of rotatable bonds is 5. The van der Waals surface area contributed by atoms with Gasteiger partial charge in [0.25, 0.3) is 11.8 Å². The van der Waals surface area contributed by atoms with Crippen LogP contribution in [0.5, 0.6) is 0 Å². The number of hydrogen-bond donors (Lipinski definition) is 1. The molecule has 4 nitrogen and oxygen atoms in total. The molecule has 0 aliphatic carbocycles. The third-order valence-electron chi connectivity index (χ3n) is 5.71. The Hall–Kier alpha value is -3.40. The van der Waals surface area contributed by atoms with Crippen LogP contribution in [0, 0.1) is 5.92 Å². The molecule has 2 amide bonds. The maximum absolute atomic E-state index is 13.2. The van der Waals surface area contributed by atoms with Crippen molar-refractivity contribution in [3.63, 3.8) is 0 Å². The van der Waals surface area contributed by atoms with Gasteiger partial charge in [0.15, 0.2) is 0 Å². The molecule has 3 aromatic carbocycles. The minimum atomic E-state index is -0.211. The highest BCUT2D eigenvalue weighted by atomic mass is 16.2. The van der Waals surface area contributed by atoms with E-state index in [2.05, 4.69) is 29.6 Å². The van der Waals surface area contributed by atoms with Gasteiger partial charge in [-0.2, -0.15) is 0 Å². The van der Waals surface area contributed by atoms with Crippen LogP contribution in [0.15, 0.2) is 84.9 Å². The lowest BCUT2D eigenvalue weighted by atomic mass is 9.90. The van der Waals surface area contributed by atoms with Gasteiger partial charge in [0.05, 0.1) is 11.3 Å². The van der Waals surface area contributed by atoms with Gasteiger partial charge in [-0.15, -0.1) is 0 Å². The quantitative estimate of drug-likeness (QED) is 0.655. The van der Waals surface area contributed by atoms with Crippen molar-refractivity contribution in [3.8, 4) is 0 Å². The molecule has 0 atom stereocenters. The van der Waals surface area contributed by atoms with E-state index in [1.165, 1.54) is 5.56 Å². The van der Waals surface area contributed by atoms with Gasteiger partial charge in [0.1, 0.15) is 0 Å². The van der Waals surface area contributed by atoms with Crippen LogP contribution < -0.4 is 5.32 Å². The van der Waals surface area contributed by atoms with E-state index in [9.17, 15) is 9.59 Å². The summed E-state index contributed by atoms with van der Waals surface area (Å²) in [5.74, 6) is 0.374. The second-order valence-corrected chi connectivity index (χ2v) is 7.79. The number of piperidine rings is 1. The Bertz CT molecular complexity index is 994. The number of benzene rings is 3. The number of hydrogen-bond acceptors (Lipinski definition) is 2. The van der Waals surface area contributed by atoms with Gasteiger partial charge in [-0.25, -0.2) is 0 Å². The number of carbonyl (C=O) groups excluding carboxylic acids is 2. The number of para-hydroxylation sites is 1. The molecule has 1 saturated heterocycles. The summed E-state index contributed by atoms with van der Waals surface area (Å²) in [5.41, 5.74) is 3.03. The Balaban J connectivity index is 1.40. The van der Waals surface area contributed by atoms with E-state index < -0.39 is 0 Å². The van der Waals surface area contributed by atoms with Crippen LogP contribution in [0.4, 0.5) is 5.69 Å². The Morgan fingerprint density at radius 1 is 0.800 bits per heavy atom. The van der Waals surface area contributed by atoms with E-state index >= 15 is 0 Å². The second-order valence-electron chi connectivity index (χ2n) is 7.79. The van der Waals surface area contributed by atoms with Crippen LogP contribution in [-0.2, 0) is 6.42 Å². The first-order valence-corrected chi connectivity index (χ1v) is 10.5. The first-order valence-electron chi connectivity index (χ1n) is 10.5. The lowest BCUT2D eigenvalue weighted by Crippen LogP contribution is -2.39. The molecule has 30 heavy (non-hydrogen) atoms. The molecule has 1 heterocycles. The van der Waals surface area contributed by atoms with Gasteiger partial charge in [0.2, 0.25) is 0 Å². The summed E-state index contributed by atoms with van der Waals surface area (Å²) in [7, 11) is 0. The molecule has 0 spiro atoms. The van der Waals surface area contributed by atoms with E-state index in [0.29, 0.717) is 22.7 Å². The number of likely N-dealkylation sites (tertiary alicyclic amines) is 1. The van der Waals surface area contributed by atoms with Crippen molar-refractivity contribution in [2.75, 3.05) is 18.4 Å². The lowest BCUT2D eigenvalue weighted by Gasteiger charge is -2.32. The predicted molar refractivity (Wildman–Crippen MR) is 120 cm³/mol. The molecule has 4 heteroatoms. The van der Waals surface area contributed by atoms with Crippen molar-refractivity contribution < 1.29 is 9.59 Å². The predicted octanol–water partition coefficient (Wildman–Crippen LogP) is 5.03. The topological polar surface area (TPSA) is 49.4 Å². The Kier molecular flexibility index (Phi) is 6.23. The molecular weight excluding hydrogens is 372 g/mol.